The first kappa shape index (κ1) is 13.4. The quantitative estimate of drug-likeness (QED) is 0.710. The van der Waals surface area contributed by atoms with Crippen LogP contribution in [0.5, 0.6) is 0 Å². The summed E-state index contributed by atoms with van der Waals surface area (Å²) in [7, 11) is 0. The lowest BCUT2D eigenvalue weighted by Gasteiger charge is -2.18. The second-order valence-corrected chi connectivity index (χ2v) is 5.01. The molecule has 0 aliphatic rings. The molecule has 1 atom stereocenters. The molecule has 2 aromatic carbocycles. The predicted molar refractivity (Wildman–Crippen MR) is 84.6 cm³/mol. The van der Waals surface area contributed by atoms with Gasteiger partial charge in [-0.15, -0.1) is 0 Å². The molecule has 0 fully saturated rings. The summed E-state index contributed by atoms with van der Waals surface area (Å²) < 4.78 is 13.8. The molecule has 3 N–H and O–H groups in total. The largest absolute Gasteiger partial charge is 0.397 e. The molecule has 1 heterocycles. The Kier molecular flexibility index (Phi) is 3.44. The first-order chi connectivity index (χ1) is 10.2. The van der Waals surface area contributed by atoms with Gasteiger partial charge < -0.3 is 11.1 Å². The van der Waals surface area contributed by atoms with Crippen molar-refractivity contribution >= 4 is 22.1 Å². The minimum absolute atomic E-state index is 0.173. The average molecular weight is 281 g/mol. The highest BCUT2D eigenvalue weighted by Gasteiger charge is 2.12. The number of rotatable bonds is 3. The summed E-state index contributed by atoms with van der Waals surface area (Å²) in [6.45, 7) is 1.91. The summed E-state index contributed by atoms with van der Waals surface area (Å²) in [6.07, 6.45) is 3.48. The molecule has 3 nitrogen and oxygen atoms in total. The van der Waals surface area contributed by atoms with Crippen LogP contribution in [0.3, 0.4) is 0 Å². The number of nitrogens with two attached hydrogens (primary N) is 1. The molecule has 1 unspecified atom stereocenters. The molecule has 0 saturated carbocycles. The number of hydrogen-bond donors (Lipinski definition) is 2. The van der Waals surface area contributed by atoms with Crippen molar-refractivity contribution in [2.45, 2.75) is 13.0 Å². The van der Waals surface area contributed by atoms with E-state index in [0.29, 0.717) is 11.3 Å². The number of fused-ring (bicyclic) bond motifs is 1. The van der Waals surface area contributed by atoms with Crippen LogP contribution in [0.4, 0.5) is 15.8 Å². The van der Waals surface area contributed by atoms with Crippen LogP contribution in [0, 0.1) is 5.82 Å². The fraction of sp³-hybridized carbons (Fsp3) is 0.118. The van der Waals surface area contributed by atoms with E-state index in [-0.39, 0.29) is 11.9 Å². The highest BCUT2D eigenvalue weighted by molar-refractivity contribution is 5.98. The number of halogens is 1. The van der Waals surface area contributed by atoms with Crippen LogP contribution in [-0.2, 0) is 0 Å². The number of nitrogen functional groups attached to an aromatic ring is 1. The van der Waals surface area contributed by atoms with Crippen LogP contribution in [0.1, 0.15) is 18.5 Å². The number of anilines is 2. The topological polar surface area (TPSA) is 50.9 Å². The predicted octanol–water partition coefficient (Wildman–Crippen LogP) is 4.13. The van der Waals surface area contributed by atoms with E-state index < -0.39 is 0 Å². The van der Waals surface area contributed by atoms with Gasteiger partial charge in [0.1, 0.15) is 5.82 Å². The summed E-state index contributed by atoms with van der Waals surface area (Å²) >= 11 is 0. The Labute approximate surface area is 122 Å². The average Bonchev–Trinajstić information content (AvgIpc) is 2.51. The maximum absolute atomic E-state index is 13.8. The van der Waals surface area contributed by atoms with Gasteiger partial charge >= 0.3 is 0 Å². The summed E-state index contributed by atoms with van der Waals surface area (Å²) in [4.78, 5) is 4.08. The number of hydrogen-bond acceptors (Lipinski definition) is 3. The molecule has 0 spiro atoms. The van der Waals surface area contributed by atoms with Crippen molar-refractivity contribution in [1.29, 1.82) is 0 Å². The third kappa shape index (κ3) is 2.52. The number of nitrogens with zero attached hydrogens (tertiary/aromatic N) is 1. The zero-order valence-corrected chi connectivity index (χ0v) is 11.7. The first-order valence-corrected chi connectivity index (χ1v) is 6.80. The number of aromatic nitrogens is 1. The van der Waals surface area contributed by atoms with Crippen molar-refractivity contribution in [2.24, 2.45) is 0 Å². The van der Waals surface area contributed by atoms with Gasteiger partial charge in [0.05, 0.1) is 17.4 Å². The third-order valence-corrected chi connectivity index (χ3v) is 3.61. The van der Waals surface area contributed by atoms with Crippen LogP contribution in [0.2, 0.25) is 0 Å². The second-order valence-electron chi connectivity index (χ2n) is 5.01. The van der Waals surface area contributed by atoms with Gasteiger partial charge in [-0.2, -0.15) is 0 Å². The monoisotopic (exact) mass is 281 g/mol. The van der Waals surface area contributed by atoms with Gasteiger partial charge in [0.15, 0.2) is 0 Å². The molecule has 1 aromatic heterocycles. The van der Waals surface area contributed by atoms with E-state index in [0.717, 1.165) is 16.5 Å². The second kappa shape index (κ2) is 5.40. The van der Waals surface area contributed by atoms with Crippen LogP contribution >= 0.6 is 0 Å². The number of nitrogens with one attached hydrogen (secondary N) is 1. The minimum Gasteiger partial charge on any atom is -0.397 e. The molecule has 4 heteroatoms. The molecule has 0 radical (unpaired) electrons. The summed E-state index contributed by atoms with van der Waals surface area (Å²) in [5, 5.41) is 5.20. The smallest absolute Gasteiger partial charge is 0.128 e. The SMILES string of the molecule is CC(Nc1ccc2cnccc2c1N)c1ccccc1F. The summed E-state index contributed by atoms with van der Waals surface area (Å²) in [5.41, 5.74) is 8.26. The molecule has 106 valence electrons. The van der Waals surface area contributed by atoms with Gasteiger partial charge in [0.2, 0.25) is 0 Å². The first-order valence-electron chi connectivity index (χ1n) is 6.80. The van der Waals surface area contributed by atoms with E-state index in [1.807, 2.05) is 31.2 Å². The molecule has 0 saturated heterocycles. The van der Waals surface area contributed by atoms with Crippen molar-refractivity contribution in [1.82, 2.24) is 4.98 Å². The lowest BCUT2D eigenvalue weighted by molar-refractivity contribution is 0.600. The Morgan fingerprint density at radius 1 is 1.14 bits per heavy atom. The van der Waals surface area contributed by atoms with Crippen molar-refractivity contribution in [3.05, 3.63) is 66.2 Å². The Morgan fingerprint density at radius 3 is 2.76 bits per heavy atom. The van der Waals surface area contributed by atoms with Crippen LogP contribution in [0.25, 0.3) is 10.8 Å². The van der Waals surface area contributed by atoms with Crippen molar-refractivity contribution < 1.29 is 4.39 Å². The maximum atomic E-state index is 13.8. The van der Waals surface area contributed by atoms with Gasteiger partial charge in [-0.1, -0.05) is 24.3 Å². The van der Waals surface area contributed by atoms with E-state index in [2.05, 4.69) is 10.3 Å². The molecule has 0 aliphatic heterocycles. The lowest BCUT2D eigenvalue weighted by atomic mass is 10.1. The Balaban J connectivity index is 1.95. The number of benzene rings is 2. The number of pyridine rings is 1. The minimum atomic E-state index is -0.221. The van der Waals surface area contributed by atoms with Gasteiger partial charge in [-0.05, 0) is 25.1 Å². The van der Waals surface area contributed by atoms with Gasteiger partial charge in [-0.25, -0.2) is 4.39 Å². The van der Waals surface area contributed by atoms with E-state index in [1.54, 1.807) is 24.5 Å². The van der Waals surface area contributed by atoms with E-state index in [1.165, 1.54) is 6.07 Å². The Bertz CT molecular complexity index is 786. The van der Waals surface area contributed by atoms with Crippen molar-refractivity contribution in [2.75, 3.05) is 11.1 Å². The molecule has 0 bridgehead atoms. The summed E-state index contributed by atoms with van der Waals surface area (Å²) in [6, 6.07) is 12.3. The highest BCUT2D eigenvalue weighted by atomic mass is 19.1. The normalized spacial score (nSPS) is 12.3. The molecule has 3 aromatic rings. The van der Waals surface area contributed by atoms with Crippen LogP contribution in [-0.4, -0.2) is 4.98 Å². The zero-order chi connectivity index (χ0) is 14.8. The van der Waals surface area contributed by atoms with E-state index in [4.69, 9.17) is 5.73 Å². The van der Waals surface area contributed by atoms with Gasteiger partial charge in [0.25, 0.3) is 0 Å². The lowest BCUT2D eigenvalue weighted by Crippen LogP contribution is -2.10. The Hall–Kier alpha value is -2.62. The molecular formula is C17H16FN3. The third-order valence-electron chi connectivity index (χ3n) is 3.61. The summed E-state index contributed by atoms with van der Waals surface area (Å²) in [5.74, 6) is -0.221. The fourth-order valence-corrected chi connectivity index (χ4v) is 2.46. The fourth-order valence-electron chi connectivity index (χ4n) is 2.46. The highest BCUT2D eigenvalue weighted by Crippen LogP contribution is 2.31. The van der Waals surface area contributed by atoms with Crippen LogP contribution in [0.15, 0.2) is 54.9 Å². The molecule has 3 rings (SSSR count). The van der Waals surface area contributed by atoms with Crippen molar-refractivity contribution in [3.8, 4) is 0 Å². The maximum Gasteiger partial charge on any atom is 0.128 e. The van der Waals surface area contributed by atoms with Gasteiger partial charge in [-0.3, -0.25) is 4.98 Å². The van der Waals surface area contributed by atoms with E-state index >= 15 is 0 Å². The van der Waals surface area contributed by atoms with Crippen molar-refractivity contribution in [3.63, 3.8) is 0 Å². The molecule has 21 heavy (non-hydrogen) atoms. The van der Waals surface area contributed by atoms with E-state index in [9.17, 15) is 4.39 Å². The van der Waals surface area contributed by atoms with Gasteiger partial charge in [0, 0.05) is 28.7 Å². The molecular weight excluding hydrogens is 265 g/mol. The molecule has 0 amide bonds. The molecule has 0 aliphatic carbocycles. The standard InChI is InChI=1S/C17H16FN3/c1-11(13-4-2-3-5-15(13)18)21-16-7-6-12-10-20-9-8-14(12)17(16)19/h2-11,21H,19H2,1H3. The van der Waals surface area contributed by atoms with Crippen LogP contribution < -0.4 is 11.1 Å². The Morgan fingerprint density at radius 2 is 1.95 bits per heavy atom. The zero-order valence-electron chi connectivity index (χ0n) is 11.7.